The Morgan fingerprint density at radius 2 is 1.24 bits per heavy atom. The van der Waals surface area contributed by atoms with Crippen molar-refractivity contribution in [2.75, 3.05) is 36.5 Å². The maximum absolute atomic E-state index is 11.3. The van der Waals surface area contributed by atoms with E-state index in [1.54, 1.807) is 0 Å². The van der Waals surface area contributed by atoms with Crippen LogP contribution in [0, 0.1) is 0 Å². The number of sulfone groups is 1. The van der Waals surface area contributed by atoms with Gasteiger partial charge in [-0.25, -0.2) is 8.42 Å². The van der Waals surface area contributed by atoms with Crippen molar-refractivity contribution in [3.8, 4) is 0 Å². The number of esters is 2. The van der Waals surface area contributed by atoms with Crippen molar-refractivity contribution in [2.24, 2.45) is 0 Å². The molecule has 0 aromatic carbocycles. The van der Waals surface area contributed by atoms with E-state index in [9.17, 15) is 18.0 Å². The Morgan fingerprint density at radius 3 is 1.53 bits per heavy atom. The quantitative estimate of drug-likeness (QED) is 0.462. The van der Waals surface area contributed by atoms with Crippen molar-refractivity contribution >= 4 is 45.0 Å². The fraction of sp³-hybridized carbons (Fsp3) is 0.750. The van der Waals surface area contributed by atoms with Gasteiger partial charge in [-0.1, -0.05) is 0 Å². The molecule has 0 bridgehead atoms. The van der Waals surface area contributed by atoms with Crippen LogP contribution in [0.1, 0.15) is 0 Å². The van der Waals surface area contributed by atoms with Gasteiger partial charge in [0.15, 0.2) is 9.84 Å². The fourth-order valence-corrected chi connectivity index (χ4v) is 1.78. The zero-order valence-electron chi connectivity index (χ0n) is 8.86. The summed E-state index contributed by atoms with van der Waals surface area (Å²) in [7, 11) is -3.43. The molecule has 0 aromatic rings. The van der Waals surface area contributed by atoms with Gasteiger partial charge in [0.1, 0.15) is 25.0 Å². The second-order valence-electron chi connectivity index (χ2n) is 2.86. The maximum Gasteiger partial charge on any atom is 0.320 e. The highest BCUT2D eigenvalue weighted by atomic mass is 35.5. The Hall–Kier alpha value is -0.530. The third-order valence-corrected chi connectivity index (χ3v) is 3.55. The van der Waals surface area contributed by atoms with Crippen LogP contribution in [0.3, 0.4) is 0 Å². The van der Waals surface area contributed by atoms with Crippen LogP contribution in [0.2, 0.25) is 0 Å². The predicted octanol–water partition coefficient (Wildman–Crippen LogP) is -0.0348. The van der Waals surface area contributed by atoms with Gasteiger partial charge >= 0.3 is 11.9 Å². The Labute approximate surface area is 109 Å². The molecule has 0 aliphatic carbocycles. The highest BCUT2D eigenvalue weighted by Crippen LogP contribution is 1.94. The summed E-state index contributed by atoms with van der Waals surface area (Å²) in [6.45, 7) is -0.533. The summed E-state index contributed by atoms with van der Waals surface area (Å²) in [6, 6.07) is 0. The third-order valence-electron chi connectivity index (χ3n) is 1.53. The zero-order chi connectivity index (χ0) is 13.3. The Bertz CT molecular complexity index is 325. The van der Waals surface area contributed by atoms with Crippen LogP contribution in [0.4, 0.5) is 0 Å². The van der Waals surface area contributed by atoms with Crippen LogP contribution in [0.25, 0.3) is 0 Å². The minimum atomic E-state index is -3.43. The van der Waals surface area contributed by atoms with Crippen LogP contribution in [-0.4, -0.2) is 56.8 Å². The monoisotopic (exact) mass is 306 g/mol. The van der Waals surface area contributed by atoms with E-state index < -0.39 is 21.8 Å². The van der Waals surface area contributed by atoms with E-state index in [-0.39, 0.29) is 36.5 Å². The molecular weight excluding hydrogens is 295 g/mol. The zero-order valence-corrected chi connectivity index (χ0v) is 11.2. The summed E-state index contributed by atoms with van der Waals surface area (Å²) < 4.78 is 31.6. The minimum absolute atomic E-state index is 0.267. The molecule has 0 spiro atoms. The number of carbonyl (C=O) groups excluding carboxylic acids is 2. The van der Waals surface area contributed by atoms with E-state index in [4.69, 9.17) is 23.2 Å². The van der Waals surface area contributed by atoms with Crippen molar-refractivity contribution in [1.29, 1.82) is 0 Å². The molecule has 0 atom stereocenters. The van der Waals surface area contributed by atoms with Gasteiger partial charge in [-0.3, -0.25) is 9.59 Å². The molecule has 0 aliphatic rings. The summed E-state index contributed by atoms with van der Waals surface area (Å²) in [4.78, 5) is 21.2. The minimum Gasteiger partial charge on any atom is -0.464 e. The lowest BCUT2D eigenvalue weighted by Gasteiger charge is -2.05. The molecule has 0 radical (unpaired) electrons. The van der Waals surface area contributed by atoms with Gasteiger partial charge < -0.3 is 9.47 Å². The largest absolute Gasteiger partial charge is 0.464 e. The van der Waals surface area contributed by atoms with Crippen LogP contribution in [0.15, 0.2) is 0 Å². The van der Waals surface area contributed by atoms with E-state index in [2.05, 4.69) is 9.47 Å². The molecule has 17 heavy (non-hydrogen) atoms. The van der Waals surface area contributed by atoms with Gasteiger partial charge in [-0.15, -0.1) is 23.2 Å². The molecule has 0 aliphatic heterocycles. The van der Waals surface area contributed by atoms with E-state index in [1.165, 1.54) is 0 Å². The summed E-state index contributed by atoms with van der Waals surface area (Å²) in [5, 5.41) is 0. The van der Waals surface area contributed by atoms with Crippen molar-refractivity contribution in [3.05, 3.63) is 0 Å². The maximum atomic E-state index is 11.3. The Morgan fingerprint density at radius 1 is 0.882 bits per heavy atom. The molecular formula is C8H12Cl2O6S. The molecule has 0 N–H and O–H groups in total. The molecule has 0 unspecified atom stereocenters. The third kappa shape index (κ3) is 9.20. The second-order valence-corrected chi connectivity index (χ2v) is 5.70. The Kier molecular flexibility index (Phi) is 8.28. The normalized spacial score (nSPS) is 10.9. The van der Waals surface area contributed by atoms with E-state index in [0.717, 1.165) is 0 Å². The number of hydrogen-bond acceptors (Lipinski definition) is 6. The first-order valence-electron chi connectivity index (χ1n) is 4.55. The highest BCUT2D eigenvalue weighted by Gasteiger charge is 2.13. The molecule has 0 heterocycles. The molecule has 6 nitrogen and oxygen atoms in total. The van der Waals surface area contributed by atoms with Crippen LogP contribution >= 0.6 is 23.2 Å². The summed E-state index contributed by atoms with van der Waals surface area (Å²) in [5.41, 5.74) is 0. The summed E-state index contributed by atoms with van der Waals surface area (Å²) in [5.74, 6) is -2.70. The number of halogens is 2. The Balaban J connectivity index is 3.81. The van der Waals surface area contributed by atoms with Crippen molar-refractivity contribution in [2.45, 2.75) is 0 Å². The molecule has 100 valence electrons. The molecule has 0 aromatic heterocycles. The van der Waals surface area contributed by atoms with Crippen molar-refractivity contribution in [3.63, 3.8) is 0 Å². The first-order valence-corrected chi connectivity index (χ1v) is 7.44. The summed E-state index contributed by atoms with van der Waals surface area (Å²) >= 11 is 10.3. The van der Waals surface area contributed by atoms with E-state index >= 15 is 0 Å². The van der Waals surface area contributed by atoms with E-state index in [0.29, 0.717) is 0 Å². The average molecular weight is 307 g/mol. The smallest absolute Gasteiger partial charge is 0.320 e. The molecule has 0 saturated carbocycles. The molecule has 0 fully saturated rings. The first kappa shape index (κ1) is 16.5. The van der Waals surface area contributed by atoms with Crippen LogP contribution in [0.5, 0.6) is 0 Å². The molecule has 0 rings (SSSR count). The lowest BCUT2D eigenvalue weighted by Crippen LogP contribution is -2.22. The number of rotatable bonds is 8. The number of alkyl halides is 2. The van der Waals surface area contributed by atoms with Gasteiger partial charge in [0, 0.05) is 0 Å². The highest BCUT2D eigenvalue weighted by molar-refractivity contribution is 7.91. The van der Waals surface area contributed by atoms with Crippen LogP contribution in [-0.2, 0) is 28.9 Å². The van der Waals surface area contributed by atoms with Crippen molar-refractivity contribution < 1.29 is 27.5 Å². The van der Waals surface area contributed by atoms with Crippen LogP contribution < -0.4 is 0 Å². The first-order chi connectivity index (χ1) is 7.91. The standard InChI is InChI=1S/C8H12Cl2O6S/c9-5-7(11)15-1-3-17(13,14)4-2-16-8(12)6-10/h1-6H2. The van der Waals surface area contributed by atoms with Crippen molar-refractivity contribution in [1.82, 2.24) is 0 Å². The SMILES string of the molecule is O=C(CCl)OCCS(=O)(=O)CCOC(=O)CCl. The van der Waals surface area contributed by atoms with Gasteiger partial charge in [0.2, 0.25) is 0 Å². The molecule has 0 saturated heterocycles. The van der Waals surface area contributed by atoms with Gasteiger partial charge in [-0.05, 0) is 0 Å². The number of ether oxygens (including phenoxy) is 2. The lowest BCUT2D eigenvalue weighted by atomic mass is 10.7. The lowest BCUT2D eigenvalue weighted by molar-refractivity contribution is -0.140. The average Bonchev–Trinajstić information content (AvgIpc) is 2.27. The van der Waals surface area contributed by atoms with Gasteiger partial charge in [0.05, 0.1) is 11.5 Å². The fourth-order valence-electron chi connectivity index (χ4n) is 0.744. The summed E-state index contributed by atoms with van der Waals surface area (Å²) in [6.07, 6.45) is 0. The topological polar surface area (TPSA) is 86.7 Å². The predicted molar refractivity (Wildman–Crippen MR) is 62.0 cm³/mol. The molecule has 9 heteroatoms. The number of hydrogen-bond donors (Lipinski definition) is 0. The van der Waals surface area contributed by atoms with E-state index in [1.807, 2.05) is 0 Å². The second kappa shape index (κ2) is 8.54. The molecule has 0 amide bonds. The van der Waals surface area contributed by atoms with Gasteiger partial charge in [-0.2, -0.15) is 0 Å². The van der Waals surface area contributed by atoms with Gasteiger partial charge in [0.25, 0.3) is 0 Å². The number of carbonyl (C=O) groups is 2.